The van der Waals surface area contributed by atoms with Gasteiger partial charge in [0.2, 0.25) is 0 Å². The maximum absolute atomic E-state index is 13.3. The zero-order valence-corrected chi connectivity index (χ0v) is 16.6. The molecule has 2 N–H and O–H groups in total. The summed E-state index contributed by atoms with van der Waals surface area (Å²) in [7, 11) is 1.62. The zero-order valence-electron chi connectivity index (χ0n) is 15.9. The predicted octanol–water partition coefficient (Wildman–Crippen LogP) is 5.09. The number of benzene rings is 3. The van der Waals surface area contributed by atoms with Crippen LogP contribution in [0, 0.1) is 0 Å². The molecule has 0 aromatic heterocycles. The highest BCUT2D eigenvalue weighted by Crippen LogP contribution is 2.35. The summed E-state index contributed by atoms with van der Waals surface area (Å²) in [6.07, 6.45) is -0.499. The normalized spacial score (nSPS) is 15.3. The van der Waals surface area contributed by atoms with Crippen molar-refractivity contribution in [2.45, 2.75) is 6.17 Å². The van der Waals surface area contributed by atoms with Gasteiger partial charge in [-0.2, -0.15) is 0 Å². The van der Waals surface area contributed by atoms with Crippen molar-refractivity contribution in [3.63, 3.8) is 0 Å². The summed E-state index contributed by atoms with van der Waals surface area (Å²) in [5, 5.41) is 5.50. The number of hydrazine groups is 1. The average Bonchev–Trinajstić information content (AvgIpc) is 2.76. The number of hydrogen-bond acceptors (Lipinski definition) is 4. The number of ether oxygens (including phenoxy) is 1. The van der Waals surface area contributed by atoms with Crippen LogP contribution in [0.2, 0.25) is 5.02 Å². The van der Waals surface area contributed by atoms with Gasteiger partial charge in [0.1, 0.15) is 11.9 Å². The number of anilines is 1. The number of halogens is 1. The molecule has 3 aromatic carbocycles. The summed E-state index contributed by atoms with van der Waals surface area (Å²) >= 11 is 6.44. The van der Waals surface area contributed by atoms with Gasteiger partial charge in [0.15, 0.2) is 0 Å². The fraction of sp³-hybridized carbons (Fsp3) is 0.0870. The number of para-hydroxylation sites is 1. The Kier molecular flexibility index (Phi) is 5.14. The molecule has 1 heterocycles. The van der Waals surface area contributed by atoms with Crippen LogP contribution in [-0.2, 0) is 0 Å². The van der Waals surface area contributed by atoms with Gasteiger partial charge in [-0.05, 0) is 48.0 Å². The van der Waals surface area contributed by atoms with Crippen LogP contribution in [-0.4, -0.2) is 18.0 Å². The lowest BCUT2D eigenvalue weighted by Gasteiger charge is -2.39. The van der Waals surface area contributed by atoms with Crippen molar-refractivity contribution >= 4 is 28.9 Å². The lowest BCUT2D eigenvalue weighted by atomic mass is 10.0. The van der Waals surface area contributed by atoms with Gasteiger partial charge in [-0.15, -0.1) is 0 Å². The minimum absolute atomic E-state index is 0.168. The van der Waals surface area contributed by atoms with E-state index >= 15 is 0 Å². The molecule has 0 saturated carbocycles. The first-order valence-corrected chi connectivity index (χ1v) is 9.50. The number of amides is 1. The maximum atomic E-state index is 13.3. The Bertz CT molecular complexity index is 1070. The number of rotatable bonds is 5. The summed E-state index contributed by atoms with van der Waals surface area (Å²) in [5.41, 5.74) is 6.71. The molecule has 0 radical (unpaired) electrons. The maximum Gasteiger partial charge on any atom is 0.276 e. The second kappa shape index (κ2) is 7.89. The van der Waals surface area contributed by atoms with Crippen LogP contribution in [0.15, 0.2) is 79.4 Å². The molecule has 1 unspecified atom stereocenters. The van der Waals surface area contributed by atoms with Crippen molar-refractivity contribution in [2.24, 2.45) is 0 Å². The third-order valence-electron chi connectivity index (χ3n) is 4.82. The highest BCUT2D eigenvalue weighted by Gasteiger charge is 2.34. The minimum atomic E-state index is -0.499. The van der Waals surface area contributed by atoms with Crippen molar-refractivity contribution in [2.75, 3.05) is 12.4 Å². The monoisotopic (exact) mass is 405 g/mol. The molecule has 1 atom stereocenters. The van der Waals surface area contributed by atoms with Crippen molar-refractivity contribution in [1.82, 2.24) is 10.4 Å². The van der Waals surface area contributed by atoms with E-state index in [2.05, 4.69) is 17.3 Å². The molecule has 0 spiro atoms. The van der Waals surface area contributed by atoms with Crippen LogP contribution in [0.4, 0.5) is 5.69 Å². The summed E-state index contributed by atoms with van der Waals surface area (Å²) in [6, 6.07) is 22.3. The lowest BCUT2D eigenvalue weighted by molar-refractivity contribution is 0.0614. The van der Waals surface area contributed by atoms with E-state index < -0.39 is 6.17 Å². The standard InChI is InChI=1S/C23H20ClN3O2/c1-15(16-11-13-17(29-2)14-12-16)26-27-22(18-7-3-5-9-20(18)24)25-21-10-6-4-8-19(21)23(27)28/h3-14,22,25-26H,1H2,2H3. The summed E-state index contributed by atoms with van der Waals surface area (Å²) in [4.78, 5) is 13.3. The van der Waals surface area contributed by atoms with Crippen molar-refractivity contribution in [1.29, 1.82) is 0 Å². The smallest absolute Gasteiger partial charge is 0.276 e. The van der Waals surface area contributed by atoms with E-state index in [4.69, 9.17) is 16.3 Å². The van der Waals surface area contributed by atoms with Crippen LogP contribution in [0.3, 0.4) is 0 Å². The Balaban J connectivity index is 1.70. The van der Waals surface area contributed by atoms with Gasteiger partial charge in [-0.25, -0.2) is 5.01 Å². The van der Waals surface area contributed by atoms with Crippen LogP contribution in [0.5, 0.6) is 5.75 Å². The molecule has 0 aliphatic carbocycles. The number of nitrogens with zero attached hydrogens (tertiary/aromatic N) is 1. The molecular weight excluding hydrogens is 386 g/mol. The molecule has 3 aromatic rings. The quantitative estimate of drug-likeness (QED) is 0.620. The largest absolute Gasteiger partial charge is 0.497 e. The second-order valence-corrected chi connectivity index (χ2v) is 7.02. The Labute approximate surface area is 174 Å². The van der Waals surface area contributed by atoms with E-state index in [1.807, 2.05) is 60.7 Å². The molecular formula is C23H20ClN3O2. The molecule has 1 amide bonds. The van der Waals surface area contributed by atoms with Gasteiger partial charge in [-0.3, -0.25) is 10.2 Å². The summed E-state index contributed by atoms with van der Waals surface area (Å²) < 4.78 is 5.20. The molecule has 1 aliphatic heterocycles. The first kappa shape index (κ1) is 18.9. The summed E-state index contributed by atoms with van der Waals surface area (Å²) in [5.74, 6) is 0.582. The molecule has 0 bridgehead atoms. The van der Waals surface area contributed by atoms with Gasteiger partial charge in [0, 0.05) is 16.3 Å². The number of carbonyl (C=O) groups is 1. The van der Waals surface area contributed by atoms with Gasteiger partial charge in [0.05, 0.1) is 18.4 Å². The van der Waals surface area contributed by atoms with Gasteiger partial charge in [-0.1, -0.05) is 48.5 Å². The molecule has 0 fully saturated rings. The minimum Gasteiger partial charge on any atom is -0.497 e. The van der Waals surface area contributed by atoms with E-state index in [1.54, 1.807) is 19.2 Å². The molecule has 146 valence electrons. The molecule has 0 saturated heterocycles. The number of nitrogens with one attached hydrogen (secondary N) is 2. The molecule has 6 heteroatoms. The average molecular weight is 406 g/mol. The first-order chi connectivity index (χ1) is 14.1. The van der Waals surface area contributed by atoms with Crippen molar-refractivity contribution in [3.05, 3.63) is 101 Å². The molecule has 1 aliphatic rings. The van der Waals surface area contributed by atoms with E-state index in [-0.39, 0.29) is 5.91 Å². The molecule has 5 nitrogen and oxygen atoms in total. The topological polar surface area (TPSA) is 53.6 Å². The highest BCUT2D eigenvalue weighted by atomic mass is 35.5. The number of hydrogen-bond donors (Lipinski definition) is 2. The number of methoxy groups -OCH3 is 1. The third-order valence-corrected chi connectivity index (χ3v) is 5.16. The van der Waals surface area contributed by atoms with Gasteiger partial charge < -0.3 is 10.1 Å². The SMILES string of the molecule is C=C(NN1C(=O)c2ccccc2NC1c1ccccc1Cl)c1ccc(OC)cc1. The summed E-state index contributed by atoms with van der Waals surface area (Å²) in [6.45, 7) is 4.11. The van der Waals surface area contributed by atoms with E-state index in [9.17, 15) is 4.79 Å². The fourth-order valence-electron chi connectivity index (χ4n) is 3.29. The Morgan fingerprint density at radius 3 is 2.48 bits per heavy atom. The van der Waals surface area contributed by atoms with Crippen LogP contribution in [0.25, 0.3) is 5.70 Å². The Morgan fingerprint density at radius 1 is 1.07 bits per heavy atom. The molecule has 4 rings (SSSR count). The van der Waals surface area contributed by atoms with Crippen molar-refractivity contribution < 1.29 is 9.53 Å². The third kappa shape index (κ3) is 3.65. The second-order valence-electron chi connectivity index (χ2n) is 6.61. The molecule has 29 heavy (non-hydrogen) atoms. The van der Waals surface area contributed by atoms with E-state index in [1.165, 1.54) is 5.01 Å². The Hall–Kier alpha value is -3.44. The predicted molar refractivity (Wildman–Crippen MR) is 116 cm³/mol. The van der Waals surface area contributed by atoms with Crippen LogP contribution >= 0.6 is 11.6 Å². The van der Waals surface area contributed by atoms with E-state index in [0.29, 0.717) is 16.3 Å². The van der Waals surface area contributed by atoms with Crippen molar-refractivity contribution in [3.8, 4) is 5.75 Å². The highest BCUT2D eigenvalue weighted by molar-refractivity contribution is 6.31. The fourth-order valence-corrected chi connectivity index (χ4v) is 3.52. The van der Waals surface area contributed by atoms with Gasteiger partial charge >= 0.3 is 0 Å². The first-order valence-electron chi connectivity index (χ1n) is 9.12. The number of carbonyl (C=O) groups excluding carboxylic acids is 1. The lowest BCUT2D eigenvalue weighted by Crippen LogP contribution is -2.50. The van der Waals surface area contributed by atoms with Gasteiger partial charge in [0.25, 0.3) is 5.91 Å². The Morgan fingerprint density at radius 2 is 1.76 bits per heavy atom. The van der Waals surface area contributed by atoms with E-state index in [0.717, 1.165) is 22.6 Å². The number of fused-ring (bicyclic) bond motifs is 1. The zero-order chi connectivity index (χ0) is 20.4. The van der Waals surface area contributed by atoms with Crippen LogP contribution in [0.1, 0.15) is 27.7 Å². The van der Waals surface area contributed by atoms with Crippen LogP contribution < -0.4 is 15.5 Å².